The molecular weight excluding hydrogens is 484 g/mol. The number of ether oxygens (including phenoxy) is 2. The standard InChI is InChI=1S/C22H17F6N3O4/c23-11-1-2-14(24)13(7-11)12-4-6-29-20(15-3-5-22(27,28)10-34-15)19(12)30-21(32)16-8-18(31-35-16)33-9-17(25)26/h1-2,4,6-8,15,17H,3,5,9-10H2,(H,30,32)/t15-/m1/s1. The van der Waals surface area contributed by atoms with Crippen LogP contribution >= 0.6 is 0 Å². The molecule has 1 aliphatic rings. The fraction of sp³-hybridized carbons (Fsp3) is 0.318. The van der Waals surface area contributed by atoms with Crippen LogP contribution in [0.25, 0.3) is 11.1 Å². The number of benzene rings is 1. The van der Waals surface area contributed by atoms with Crippen molar-refractivity contribution in [2.45, 2.75) is 31.3 Å². The number of amides is 1. The lowest BCUT2D eigenvalue weighted by Crippen LogP contribution is -2.31. The van der Waals surface area contributed by atoms with E-state index >= 15 is 0 Å². The highest BCUT2D eigenvalue weighted by Gasteiger charge is 2.38. The predicted octanol–water partition coefficient (Wildman–Crippen LogP) is 5.40. The van der Waals surface area contributed by atoms with Gasteiger partial charge in [0.25, 0.3) is 24.1 Å². The zero-order chi connectivity index (χ0) is 25.2. The van der Waals surface area contributed by atoms with Crippen molar-refractivity contribution in [2.24, 2.45) is 0 Å². The van der Waals surface area contributed by atoms with Gasteiger partial charge in [0.05, 0.1) is 17.4 Å². The molecule has 13 heteroatoms. The van der Waals surface area contributed by atoms with Crippen LogP contribution in [0.4, 0.5) is 32.0 Å². The Bertz CT molecular complexity index is 1210. The van der Waals surface area contributed by atoms with Crippen LogP contribution in [0.2, 0.25) is 0 Å². The Balaban J connectivity index is 1.70. The molecule has 0 unspecified atom stereocenters. The van der Waals surface area contributed by atoms with Crippen molar-refractivity contribution in [3.63, 3.8) is 0 Å². The van der Waals surface area contributed by atoms with Crippen molar-refractivity contribution in [2.75, 3.05) is 18.5 Å². The van der Waals surface area contributed by atoms with Crippen molar-refractivity contribution >= 4 is 11.6 Å². The zero-order valence-electron chi connectivity index (χ0n) is 17.7. The Hall–Kier alpha value is -3.61. The number of alkyl halides is 4. The smallest absolute Gasteiger partial charge is 0.294 e. The van der Waals surface area contributed by atoms with Gasteiger partial charge in [0, 0.05) is 23.7 Å². The van der Waals surface area contributed by atoms with Gasteiger partial charge >= 0.3 is 0 Å². The molecule has 1 atom stereocenters. The molecule has 0 spiro atoms. The summed E-state index contributed by atoms with van der Waals surface area (Å²) in [6.45, 7) is -1.87. The Morgan fingerprint density at radius 3 is 2.71 bits per heavy atom. The first-order valence-corrected chi connectivity index (χ1v) is 10.3. The van der Waals surface area contributed by atoms with Gasteiger partial charge in [-0.1, -0.05) is 0 Å². The second-order valence-electron chi connectivity index (χ2n) is 7.62. The molecule has 0 radical (unpaired) electrons. The van der Waals surface area contributed by atoms with Crippen LogP contribution in [-0.4, -0.2) is 41.6 Å². The van der Waals surface area contributed by atoms with Crippen molar-refractivity contribution in [1.29, 1.82) is 0 Å². The molecule has 1 aromatic carbocycles. The van der Waals surface area contributed by atoms with Gasteiger partial charge in [0.2, 0.25) is 5.76 Å². The summed E-state index contributed by atoms with van der Waals surface area (Å²) in [4.78, 5) is 17.0. The molecule has 1 N–H and O–H groups in total. The van der Waals surface area contributed by atoms with Gasteiger partial charge in [-0.25, -0.2) is 26.3 Å². The Kier molecular flexibility index (Phi) is 6.96. The van der Waals surface area contributed by atoms with Crippen molar-refractivity contribution in [1.82, 2.24) is 10.1 Å². The monoisotopic (exact) mass is 501 g/mol. The van der Waals surface area contributed by atoms with E-state index in [1.54, 1.807) is 0 Å². The summed E-state index contributed by atoms with van der Waals surface area (Å²) in [5.41, 5.74) is -0.369. The molecule has 7 nitrogen and oxygen atoms in total. The third kappa shape index (κ3) is 5.73. The maximum atomic E-state index is 14.6. The summed E-state index contributed by atoms with van der Waals surface area (Å²) < 4.78 is 95.1. The topological polar surface area (TPSA) is 86.5 Å². The van der Waals surface area contributed by atoms with Crippen LogP contribution in [0.15, 0.2) is 41.1 Å². The maximum Gasteiger partial charge on any atom is 0.294 e. The quantitative estimate of drug-likeness (QED) is 0.437. The molecule has 4 rings (SSSR count). The van der Waals surface area contributed by atoms with Crippen LogP contribution in [0.1, 0.15) is 35.2 Å². The normalized spacial score (nSPS) is 17.4. The minimum atomic E-state index is -3.04. The Morgan fingerprint density at radius 2 is 2.00 bits per heavy atom. The molecule has 0 aliphatic carbocycles. The third-order valence-corrected chi connectivity index (χ3v) is 5.08. The van der Waals surface area contributed by atoms with E-state index in [-0.39, 0.29) is 34.8 Å². The van der Waals surface area contributed by atoms with Crippen LogP contribution in [0.3, 0.4) is 0 Å². The first-order chi connectivity index (χ1) is 16.6. The fourth-order valence-corrected chi connectivity index (χ4v) is 3.48. The van der Waals surface area contributed by atoms with E-state index in [1.165, 1.54) is 12.3 Å². The van der Waals surface area contributed by atoms with Gasteiger partial charge in [-0.15, -0.1) is 0 Å². The van der Waals surface area contributed by atoms with Gasteiger partial charge in [-0.2, -0.15) is 0 Å². The number of rotatable bonds is 7. The second-order valence-corrected chi connectivity index (χ2v) is 7.62. The predicted molar refractivity (Wildman–Crippen MR) is 108 cm³/mol. The molecule has 0 saturated carbocycles. The number of nitrogens with one attached hydrogen (secondary N) is 1. The maximum absolute atomic E-state index is 14.6. The van der Waals surface area contributed by atoms with Crippen LogP contribution in [0, 0.1) is 11.6 Å². The lowest BCUT2D eigenvalue weighted by Gasteiger charge is -2.30. The van der Waals surface area contributed by atoms with E-state index in [0.29, 0.717) is 0 Å². The van der Waals surface area contributed by atoms with E-state index in [2.05, 4.69) is 20.2 Å². The number of halogens is 6. The van der Waals surface area contributed by atoms with E-state index in [4.69, 9.17) is 9.26 Å². The lowest BCUT2D eigenvalue weighted by atomic mass is 9.97. The number of carbonyl (C=O) groups excluding carboxylic acids is 1. The van der Waals surface area contributed by atoms with Gasteiger partial charge in [0.1, 0.15) is 24.3 Å². The van der Waals surface area contributed by atoms with Gasteiger partial charge in [-0.3, -0.25) is 9.78 Å². The van der Waals surface area contributed by atoms with E-state index < -0.39 is 61.4 Å². The number of hydrogen-bond donors (Lipinski definition) is 1. The molecule has 3 heterocycles. The number of pyridine rings is 1. The largest absolute Gasteiger partial charge is 0.469 e. The molecular formula is C22H17F6N3O4. The summed E-state index contributed by atoms with van der Waals surface area (Å²) in [7, 11) is 0. The van der Waals surface area contributed by atoms with Crippen molar-refractivity contribution < 1.29 is 45.1 Å². The summed E-state index contributed by atoms with van der Waals surface area (Å²) in [5.74, 6) is -6.42. The average molecular weight is 501 g/mol. The van der Waals surface area contributed by atoms with Gasteiger partial charge in [0.15, 0.2) is 6.61 Å². The molecule has 2 aromatic heterocycles. The number of nitrogens with zero attached hydrogens (tertiary/aromatic N) is 2. The summed E-state index contributed by atoms with van der Waals surface area (Å²) >= 11 is 0. The molecule has 1 saturated heterocycles. The molecule has 186 valence electrons. The van der Waals surface area contributed by atoms with Crippen LogP contribution in [0.5, 0.6) is 5.88 Å². The summed E-state index contributed by atoms with van der Waals surface area (Å²) in [6, 6.07) is 4.93. The number of aromatic nitrogens is 2. The minimum absolute atomic E-state index is 0.00343. The first-order valence-electron chi connectivity index (χ1n) is 10.3. The first kappa shape index (κ1) is 24.5. The SMILES string of the molecule is O=C(Nc1c(-c2cc(F)ccc2F)ccnc1[C@H]1CCC(F)(F)CO1)c1cc(OCC(F)F)no1. The van der Waals surface area contributed by atoms with E-state index in [1.807, 2.05) is 0 Å². The highest BCUT2D eigenvalue weighted by Crippen LogP contribution is 2.41. The molecule has 1 amide bonds. The average Bonchev–Trinajstić information content (AvgIpc) is 3.29. The second kappa shape index (κ2) is 9.94. The fourth-order valence-electron chi connectivity index (χ4n) is 3.48. The van der Waals surface area contributed by atoms with Crippen molar-refractivity contribution in [3.05, 3.63) is 59.6 Å². The van der Waals surface area contributed by atoms with Crippen molar-refractivity contribution in [3.8, 4) is 17.0 Å². The zero-order valence-corrected chi connectivity index (χ0v) is 17.7. The van der Waals surface area contributed by atoms with Crippen LogP contribution < -0.4 is 10.1 Å². The highest BCUT2D eigenvalue weighted by atomic mass is 19.3. The highest BCUT2D eigenvalue weighted by molar-refractivity contribution is 6.05. The summed E-state index contributed by atoms with van der Waals surface area (Å²) in [5, 5.41) is 5.80. The third-order valence-electron chi connectivity index (χ3n) is 5.08. The lowest BCUT2D eigenvalue weighted by molar-refractivity contribution is -0.146. The Labute approximate surface area is 194 Å². The van der Waals surface area contributed by atoms with E-state index in [0.717, 1.165) is 24.3 Å². The minimum Gasteiger partial charge on any atom is -0.469 e. The number of hydrogen-bond acceptors (Lipinski definition) is 6. The molecule has 35 heavy (non-hydrogen) atoms. The Morgan fingerprint density at radius 1 is 1.20 bits per heavy atom. The molecule has 1 aliphatic heterocycles. The van der Waals surface area contributed by atoms with Gasteiger partial charge < -0.3 is 19.3 Å². The number of anilines is 1. The van der Waals surface area contributed by atoms with E-state index in [9.17, 15) is 31.1 Å². The van der Waals surface area contributed by atoms with Crippen LogP contribution in [-0.2, 0) is 4.74 Å². The number of carbonyl (C=O) groups is 1. The summed E-state index contributed by atoms with van der Waals surface area (Å²) in [6.07, 6.45) is -3.20. The molecule has 3 aromatic rings. The molecule has 0 bridgehead atoms. The van der Waals surface area contributed by atoms with Gasteiger partial charge in [-0.05, 0) is 35.8 Å². The molecule has 1 fully saturated rings.